The second kappa shape index (κ2) is 13.3. The molecule has 0 aliphatic heterocycles. The fraction of sp³-hybridized carbons (Fsp3) is 0. The van der Waals surface area contributed by atoms with E-state index in [-0.39, 0.29) is 0 Å². The van der Waals surface area contributed by atoms with Crippen molar-refractivity contribution in [2.45, 2.75) is 0 Å². The van der Waals surface area contributed by atoms with Gasteiger partial charge in [-0.05, 0) is 64.4 Å². The molecule has 54 heavy (non-hydrogen) atoms. The van der Waals surface area contributed by atoms with Gasteiger partial charge in [0.1, 0.15) is 11.2 Å². The van der Waals surface area contributed by atoms with Gasteiger partial charge in [0.15, 0.2) is 17.5 Å². The van der Waals surface area contributed by atoms with Crippen molar-refractivity contribution in [3.63, 3.8) is 0 Å². The van der Waals surface area contributed by atoms with Gasteiger partial charge in [-0.3, -0.25) is 0 Å². The molecular formula is C49H32N4O. The van der Waals surface area contributed by atoms with Gasteiger partial charge in [-0.25, -0.2) is 15.0 Å². The standard InChI is InChI=1S/C49H32N4O/c1-4-14-33(15-5-1)35-24-27-39(28-25-35)53(40-29-26-34-16-10-11-21-38(34)32-40)43-31-30-42(46-45(43)41-22-12-13-23-44(41)54-46)49-51-47(36-17-6-2-7-18-36)50-48(52-49)37-19-8-3-9-20-37/h1-32H. The van der Waals surface area contributed by atoms with E-state index in [0.717, 1.165) is 61.1 Å². The van der Waals surface area contributed by atoms with Crippen LogP contribution in [-0.4, -0.2) is 15.0 Å². The number of nitrogens with zero attached hydrogens (tertiary/aromatic N) is 4. The average molecular weight is 693 g/mol. The Morgan fingerprint density at radius 3 is 1.61 bits per heavy atom. The number of furan rings is 1. The third-order valence-electron chi connectivity index (χ3n) is 9.91. The molecule has 0 spiro atoms. The van der Waals surface area contributed by atoms with Crippen LogP contribution < -0.4 is 4.90 Å². The second-order valence-corrected chi connectivity index (χ2v) is 13.3. The van der Waals surface area contributed by atoms with Crippen molar-refractivity contribution in [2.75, 3.05) is 4.90 Å². The van der Waals surface area contributed by atoms with E-state index in [9.17, 15) is 0 Å². The van der Waals surface area contributed by atoms with Crippen LogP contribution in [0.5, 0.6) is 0 Å². The smallest absolute Gasteiger partial charge is 0.167 e. The maximum absolute atomic E-state index is 6.81. The van der Waals surface area contributed by atoms with Crippen LogP contribution >= 0.6 is 0 Å². The lowest BCUT2D eigenvalue weighted by Gasteiger charge is -2.27. The molecule has 0 saturated carbocycles. The zero-order chi connectivity index (χ0) is 35.8. The maximum atomic E-state index is 6.81. The Kier molecular flexibility index (Phi) is 7.73. The highest BCUT2D eigenvalue weighted by molar-refractivity contribution is 6.17. The van der Waals surface area contributed by atoms with E-state index in [1.165, 1.54) is 10.9 Å². The molecule has 10 aromatic rings. The number of para-hydroxylation sites is 1. The van der Waals surface area contributed by atoms with Crippen LogP contribution in [0, 0.1) is 0 Å². The van der Waals surface area contributed by atoms with Crippen molar-refractivity contribution in [2.24, 2.45) is 0 Å². The first-order valence-electron chi connectivity index (χ1n) is 18.0. The van der Waals surface area contributed by atoms with Crippen molar-refractivity contribution in [3.05, 3.63) is 194 Å². The third kappa shape index (κ3) is 5.65. The number of rotatable bonds is 7. The van der Waals surface area contributed by atoms with Gasteiger partial charge in [-0.2, -0.15) is 0 Å². The molecule has 2 aromatic heterocycles. The molecule has 0 amide bonds. The fourth-order valence-corrected chi connectivity index (χ4v) is 7.28. The average Bonchev–Trinajstić information content (AvgIpc) is 3.65. The molecule has 10 rings (SSSR count). The van der Waals surface area contributed by atoms with Gasteiger partial charge < -0.3 is 9.32 Å². The Morgan fingerprint density at radius 2 is 0.926 bits per heavy atom. The Balaban J connectivity index is 1.22. The van der Waals surface area contributed by atoms with Gasteiger partial charge in [0.05, 0.1) is 16.6 Å². The van der Waals surface area contributed by atoms with E-state index in [1.54, 1.807) is 0 Å². The SMILES string of the molecule is c1ccc(-c2ccc(N(c3ccc4ccccc4c3)c3ccc(-c4nc(-c5ccccc5)nc(-c5ccccc5)n4)c4oc5ccccc5c34)cc2)cc1. The summed E-state index contributed by atoms with van der Waals surface area (Å²) >= 11 is 0. The van der Waals surface area contributed by atoms with Crippen molar-refractivity contribution >= 4 is 49.8 Å². The molecule has 0 aliphatic carbocycles. The van der Waals surface area contributed by atoms with Gasteiger partial charge in [0.2, 0.25) is 0 Å². The quantitative estimate of drug-likeness (QED) is 0.166. The molecule has 5 heteroatoms. The molecule has 0 fully saturated rings. The predicted molar refractivity (Wildman–Crippen MR) is 221 cm³/mol. The molecule has 0 radical (unpaired) electrons. The summed E-state index contributed by atoms with van der Waals surface area (Å²) in [5.41, 5.74) is 9.52. The van der Waals surface area contributed by atoms with E-state index in [4.69, 9.17) is 19.4 Å². The van der Waals surface area contributed by atoms with Crippen molar-refractivity contribution in [3.8, 4) is 45.3 Å². The number of hydrogen-bond donors (Lipinski definition) is 0. The second-order valence-electron chi connectivity index (χ2n) is 13.3. The third-order valence-corrected chi connectivity index (χ3v) is 9.91. The Morgan fingerprint density at radius 1 is 0.389 bits per heavy atom. The monoisotopic (exact) mass is 692 g/mol. The molecule has 0 atom stereocenters. The van der Waals surface area contributed by atoms with Gasteiger partial charge >= 0.3 is 0 Å². The van der Waals surface area contributed by atoms with E-state index in [0.29, 0.717) is 23.1 Å². The molecule has 8 aromatic carbocycles. The lowest BCUT2D eigenvalue weighted by molar-refractivity contribution is 0.669. The Hall–Kier alpha value is -7.37. The van der Waals surface area contributed by atoms with Crippen LogP contribution in [0.4, 0.5) is 17.1 Å². The zero-order valence-corrected chi connectivity index (χ0v) is 29.2. The highest BCUT2D eigenvalue weighted by atomic mass is 16.3. The molecule has 254 valence electrons. The van der Waals surface area contributed by atoms with Gasteiger partial charge in [0, 0.05) is 27.9 Å². The van der Waals surface area contributed by atoms with Crippen molar-refractivity contribution in [1.29, 1.82) is 0 Å². The molecule has 0 aliphatic rings. The topological polar surface area (TPSA) is 55.1 Å². The highest BCUT2D eigenvalue weighted by Gasteiger charge is 2.24. The summed E-state index contributed by atoms with van der Waals surface area (Å²) in [6.07, 6.45) is 0. The van der Waals surface area contributed by atoms with Crippen LogP contribution in [0.3, 0.4) is 0 Å². The summed E-state index contributed by atoms with van der Waals surface area (Å²) < 4.78 is 6.81. The van der Waals surface area contributed by atoms with Crippen LogP contribution in [0.1, 0.15) is 0 Å². The predicted octanol–water partition coefficient (Wildman–Crippen LogP) is 13.1. The lowest BCUT2D eigenvalue weighted by atomic mass is 10.0. The molecule has 0 saturated heterocycles. The summed E-state index contributed by atoms with van der Waals surface area (Å²) in [7, 11) is 0. The van der Waals surface area contributed by atoms with E-state index in [1.807, 2.05) is 78.9 Å². The normalized spacial score (nSPS) is 11.3. The van der Waals surface area contributed by atoms with Gasteiger partial charge in [-0.15, -0.1) is 0 Å². The van der Waals surface area contributed by atoms with Crippen LogP contribution in [0.2, 0.25) is 0 Å². The molecule has 0 N–H and O–H groups in total. The van der Waals surface area contributed by atoms with Gasteiger partial charge in [-0.1, -0.05) is 152 Å². The zero-order valence-electron chi connectivity index (χ0n) is 29.2. The minimum absolute atomic E-state index is 0.544. The van der Waals surface area contributed by atoms with Crippen molar-refractivity contribution in [1.82, 2.24) is 15.0 Å². The number of benzene rings is 8. The maximum Gasteiger partial charge on any atom is 0.167 e. The van der Waals surface area contributed by atoms with Crippen LogP contribution in [-0.2, 0) is 0 Å². The summed E-state index contributed by atoms with van der Waals surface area (Å²) in [5, 5.41) is 4.34. The fourth-order valence-electron chi connectivity index (χ4n) is 7.28. The first kappa shape index (κ1) is 31.4. The molecule has 0 unspecified atom stereocenters. The Bertz CT molecular complexity index is 2870. The summed E-state index contributed by atoms with van der Waals surface area (Å²) in [5.74, 6) is 1.75. The number of hydrogen-bond acceptors (Lipinski definition) is 5. The molecular weight excluding hydrogens is 661 g/mol. The summed E-state index contributed by atoms with van der Waals surface area (Å²) in [6.45, 7) is 0. The minimum Gasteiger partial charge on any atom is -0.455 e. The van der Waals surface area contributed by atoms with Crippen molar-refractivity contribution < 1.29 is 4.42 Å². The van der Waals surface area contributed by atoms with Crippen LogP contribution in [0.15, 0.2) is 199 Å². The number of aromatic nitrogens is 3. The molecule has 5 nitrogen and oxygen atoms in total. The van der Waals surface area contributed by atoms with Gasteiger partial charge in [0.25, 0.3) is 0 Å². The highest BCUT2D eigenvalue weighted by Crippen LogP contribution is 2.46. The Labute approximate surface area is 312 Å². The van der Waals surface area contributed by atoms with Crippen LogP contribution in [0.25, 0.3) is 78.0 Å². The van der Waals surface area contributed by atoms with E-state index >= 15 is 0 Å². The summed E-state index contributed by atoms with van der Waals surface area (Å²) in [6, 6.07) is 67.0. The minimum atomic E-state index is 0.544. The number of anilines is 3. The number of fused-ring (bicyclic) bond motifs is 4. The first-order valence-corrected chi connectivity index (χ1v) is 18.0. The molecule has 2 heterocycles. The first-order chi connectivity index (χ1) is 26.8. The van der Waals surface area contributed by atoms with E-state index in [2.05, 4.69) is 120 Å². The van der Waals surface area contributed by atoms with E-state index < -0.39 is 0 Å². The largest absolute Gasteiger partial charge is 0.455 e. The lowest BCUT2D eigenvalue weighted by Crippen LogP contribution is -2.10. The summed E-state index contributed by atoms with van der Waals surface area (Å²) in [4.78, 5) is 17.4. The molecule has 0 bridgehead atoms.